The van der Waals surface area contributed by atoms with E-state index in [1.807, 2.05) is 12.3 Å². The molecular formula is C26H20N2. The van der Waals surface area contributed by atoms with Gasteiger partial charge in [-0.15, -0.1) is 0 Å². The highest BCUT2D eigenvalue weighted by Gasteiger charge is 2.09. The summed E-state index contributed by atoms with van der Waals surface area (Å²) in [6.45, 7) is 2.18. The second-order valence-electron chi connectivity index (χ2n) is 7.01. The normalized spacial score (nSPS) is 11.6. The second kappa shape index (κ2) is 6.82. The minimum absolute atomic E-state index is 1.02. The molecule has 2 nitrogen and oxygen atoms in total. The molecule has 0 unspecified atom stereocenters. The van der Waals surface area contributed by atoms with Crippen LogP contribution in [0.4, 0.5) is 0 Å². The summed E-state index contributed by atoms with van der Waals surface area (Å²) < 4.78 is 2.18. The molecule has 0 amide bonds. The van der Waals surface area contributed by atoms with Gasteiger partial charge >= 0.3 is 0 Å². The molecule has 0 saturated heterocycles. The molecule has 0 radical (unpaired) electrons. The predicted octanol–water partition coefficient (Wildman–Crippen LogP) is 6.66. The molecule has 2 heteroatoms. The van der Waals surface area contributed by atoms with Gasteiger partial charge in [0.05, 0.1) is 11.2 Å². The summed E-state index contributed by atoms with van der Waals surface area (Å²) in [6.07, 6.45) is 10.5. The molecule has 0 N–H and O–H groups in total. The molecule has 0 bridgehead atoms. The van der Waals surface area contributed by atoms with E-state index < -0.39 is 0 Å². The Kier molecular flexibility index (Phi) is 4.02. The maximum absolute atomic E-state index is 4.47. The molecule has 3 aromatic carbocycles. The maximum atomic E-state index is 4.47. The molecule has 0 aliphatic rings. The van der Waals surface area contributed by atoms with Crippen molar-refractivity contribution in [3.8, 4) is 5.69 Å². The van der Waals surface area contributed by atoms with Crippen LogP contribution in [0.2, 0.25) is 0 Å². The monoisotopic (exact) mass is 360 g/mol. The van der Waals surface area contributed by atoms with Crippen molar-refractivity contribution in [2.45, 2.75) is 6.92 Å². The Hall–Kier alpha value is -3.65. The van der Waals surface area contributed by atoms with Gasteiger partial charge in [-0.05, 0) is 59.3 Å². The Morgan fingerprint density at radius 1 is 0.750 bits per heavy atom. The fourth-order valence-electron chi connectivity index (χ4n) is 3.88. The van der Waals surface area contributed by atoms with E-state index in [4.69, 9.17) is 0 Å². The molecule has 0 atom stereocenters. The second-order valence-corrected chi connectivity index (χ2v) is 7.01. The molecule has 28 heavy (non-hydrogen) atoms. The van der Waals surface area contributed by atoms with Crippen molar-refractivity contribution in [3.63, 3.8) is 0 Å². The predicted molar refractivity (Wildman–Crippen MR) is 119 cm³/mol. The molecule has 5 aromatic rings. The molecule has 0 aliphatic heterocycles. The summed E-state index contributed by atoms with van der Waals surface area (Å²) in [7, 11) is 0. The van der Waals surface area contributed by atoms with Crippen LogP contribution in [-0.2, 0) is 0 Å². The first kappa shape index (κ1) is 16.5. The van der Waals surface area contributed by atoms with E-state index in [0.717, 1.165) is 5.52 Å². The number of para-hydroxylation sites is 1. The average Bonchev–Trinajstić information content (AvgIpc) is 3.27. The molecule has 2 aromatic heterocycles. The third kappa shape index (κ3) is 2.80. The first-order valence-electron chi connectivity index (χ1n) is 9.49. The summed E-state index contributed by atoms with van der Waals surface area (Å²) in [5.41, 5.74) is 5.94. The minimum Gasteiger partial charge on any atom is -0.323 e. The van der Waals surface area contributed by atoms with Crippen molar-refractivity contribution >= 4 is 33.8 Å². The van der Waals surface area contributed by atoms with Gasteiger partial charge in [-0.25, -0.2) is 0 Å². The van der Waals surface area contributed by atoms with E-state index in [0.29, 0.717) is 0 Å². The Morgan fingerprint density at radius 3 is 2.29 bits per heavy atom. The van der Waals surface area contributed by atoms with Crippen molar-refractivity contribution in [3.05, 3.63) is 108 Å². The van der Waals surface area contributed by atoms with Gasteiger partial charge in [0.1, 0.15) is 0 Å². The molecule has 0 saturated carbocycles. The SMILES string of the molecule is Cc1cc(-n2cccc2)c2ccccc2c1/C=C/c1ccnc2ccccc12. The van der Waals surface area contributed by atoms with Gasteiger partial charge in [0.2, 0.25) is 0 Å². The lowest BCUT2D eigenvalue weighted by molar-refractivity contribution is 1.09. The maximum Gasteiger partial charge on any atom is 0.0707 e. The van der Waals surface area contributed by atoms with Gasteiger partial charge in [0.15, 0.2) is 0 Å². The molecule has 0 aliphatic carbocycles. The highest BCUT2D eigenvalue weighted by Crippen LogP contribution is 2.30. The van der Waals surface area contributed by atoms with Crippen molar-refractivity contribution in [2.75, 3.05) is 0 Å². The van der Waals surface area contributed by atoms with Crippen LogP contribution in [0.3, 0.4) is 0 Å². The number of aromatic nitrogens is 2. The molecule has 0 fully saturated rings. The van der Waals surface area contributed by atoms with Gasteiger partial charge < -0.3 is 4.57 Å². The van der Waals surface area contributed by atoms with E-state index in [1.54, 1.807) is 0 Å². The zero-order valence-corrected chi connectivity index (χ0v) is 15.7. The van der Waals surface area contributed by atoms with Crippen molar-refractivity contribution in [2.24, 2.45) is 0 Å². The number of rotatable bonds is 3. The van der Waals surface area contributed by atoms with Crippen LogP contribution in [0, 0.1) is 6.92 Å². The number of hydrogen-bond donors (Lipinski definition) is 0. The van der Waals surface area contributed by atoms with Crippen LogP contribution in [0.5, 0.6) is 0 Å². The summed E-state index contributed by atoms with van der Waals surface area (Å²) in [6, 6.07) is 25.4. The van der Waals surface area contributed by atoms with Crippen LogP contribution in [0.25, 0.3) is 39.5 Å². The van der Waals surface area contributed by atoms with Crippen molar-refractivity contribution in [1.82, 2.24) is 9.55 Å². The number of aryl methyl sites for hydroxylation is 1. The van der Waals surface area contributed by atoms with Crippen LogP contribution < -0.4 is 0 Å². The molecule has 134 valence electrons. The lowest BCUT2D eigenvalue weighted by Gasteiger charge is -2.13. The summed E-state index contributed by atoms with van der Waals surface area (Å²) in [5, 5.41) is 3.69. The van der Waals surface area contributed by atoms with Gasteiger partial charge in [-0.2, -0.15) is 0 Å². The highest BCUT2D eigenvalue weighted by molar-refractivity contribution is 6.00. The van der Waals surface area contributed by atoms with E-state index in [1.165, 1.54) is 38.5 Å². The first-order chi connectivity index (χ1) is 13.8. The largest absolute Gasteiger partial charge is 0.323 e. The van der Waals surface area contributed by atoms with E-state index in [9.17, 15) is 0 Å². The van der Waals surface area contributed by atoms with Crippen LogP contribution in [0.15, 0.2) is 91.4 Å². The van der Waals surface area contributed by atoms with Crippen LogP contribution >= 0.6 is 0 Å². The fourth-order valence-corrected chi connectivity index (χ4v) is 3.88. The standard InChI is InChI=1S/C26H20N2/c1-19-18-26(28-16-6-7-17-28)24-10-3-2-9-23(24)21(19)13-12-20-14-15-27-25-11-5-4-8-22(20)25/h2-18H,1H3/b13-12+. The number of nitrogens with zero attached hydrogens (tertiary/aromatic N) is 2. The molecule has 5 rings (SSSR count). The summed E-state index contributed by atoms with van der Waals surface area (Å²) >= 11 is 0. The zero-order valence-electron chi connectivity index (χ0n) is 15.7. The topological polar surface area (TPSA) is 17.8 Å². The van der Waals surface area contributed by atoms with Crippen LogP contribution in [-0.4, -0.2) is 9.55 Å². The van der Waals surface area contributed by atoms with E-state index >= 15 is 0 Å². The van der Waals surface area contributed by atoms with Crippen molar-refractivity contribution in [1.29, 1.82) is 0 Å². The lowest BCUT2D eigenvalue weighted by atomic mass is 9.96. The Morgan fingerprint density at radius 2 is 1.46 bits per heavy atom. The molecule has 2 heterocycles. The average molecular weight is 360 g/mol. The number of fused-ring (bicyclic) bond motifs is 2. The first-order valence-corrected chi connectivity index (χ1v) is 9.49. The summed E-state index contributed by atoms with van der Waals surface area (Å²) in [5.74, 6) is 0. The zero-order chi connectivity index (χ0) is 18.9. The highest BCUT2D eigenvalue weighted by atomic mass is 14.9. The quantitative estimate of drug-likeness (QED) is 0.352. The van der Waals surface area contributed by atoms with Gasteiger partial charge in [-0.1, -0.05) is 54.6 Å². The van der Waals surface area contributed by atoms with Gasteiger partial charge in [-0.3, -0.25) is 4.98 Å². The van der Waals surface area contributed by atoms with Gasteiger partial charge in [0, 0.05) is 29.4 Å². The number of pyridine rings is 1. The Balaban J connectivity index is 1.69. The fraction of sp³-hybridized carbons (Fsp3) is 0.0385. The summed E-state index contributed by atoms with van der Waals surface area (Å²) in [4.78, 5) is 4.47. The molecule has 0 spiro atoms. The smallest absolute Gasteiger partial charge is 0.0707 e. The van der Waals surface area contributed by atoms with Crippen molar-refractivity contribution < 1.29 is 0 Å². The number of hydrogen-bond acceptors (Lipinski definition) is 1. The Labute approximate surface area is 164 Å². The minimum atomic E-state index is 1.02. The van der Waals surface area contributed by atoms with E-state index in [2.05, 4.69) is 108 Å². The Bertz CT molecular complexity index is 1310. The lowest BCUT2D eigenvalue weighted by Crippen LogP contribution is -1.95. The van der Waals surface area contributed by atoms with E-state index in [-0.39, 0.29) is 0 Å². The van der Waals surface area contributed by atoms with Crippen LogP contribution in [0.1, 0.15) is 16.7 Å². The third-order valence-corrected chi connectivity index (χ3v) is 5.27. The number of benzene rings is 3. The third-order valence-electron chi connectivity index (χ3n) is 5.27. The molecular weight excluding hydrogens is 340 g/mol. The van der Waals surface area contributed by atoms with Gasteiger partial charge in [0.25, 0.3) is 0 Å².